The molecule has 0 aliphatic rings. The van der Waals surface area contributed by atoms with Gasteiger partial charge in [0.15, 0.2) is 0 Å². The number of rotatable bonds is 4. The van der Waals surface area contributed by atoms with Crippen LogP contribution in [0.2, 0.25) is 5.02 Å². The number of aromatic amines is 1. The van der Waals surface area contributed by atoms with Crippen LogP contribution >= 0.6 is 11.6 Å². The van der Waals surface area contributed by atoms with E-state index in [1.807, 2.05) is 32.2 Å². The van der Waals surface area contributed by atoms with Crippen molar-refractivity contribution in [2.24, 2.45) is 5.73 Å². The van der Waals surface area contributed by atoms with E-state index in [0.29, 0.717) is 11.6 Å². The quantitative estimate of drug-likeness (QED) is 0.879. The molecule has 0 amide bonds. The number of H-pyrrole nitrogens is 1. The second-order valence-electron chi connectivity index (χ2n) is 4.32. The van der Waals surface area contributed by atoms with E-state index in [4.69, 9.17) is 22.1 Å². The average Bonchev–Trinajstić information content (AvgIpc) is 2.66. The van der Waals surface area contributed by atoms with E-state index in [2.05, 4.69) is 4.98 Å². The summed E-state index contributed by atoms with van der Waals surface area (Å²) >= 11 is 6.38. The fourth-order valence-corrected chi connectivity index (χ4v) is 2.26. The first-order valence-corrected chi connectivity index (χ1v) is 6.16. The molecule has 0 unspecified atom stereocenters. The molecule has 0 bridgehead atoms. The molecular formula is C13H17ClN2O. The Balaban J connectivity index is 2.51. The molecule has 0 saturated heterocycles. The van der Waals surface area contributed by atoms with Gasteiger partial charge < -0.3 is 15.5 Å². The smallest absolute Gasteiger partial charge is 0.139 e. The average molecular weight is 253 g/mol. The zero-order chi connectivity index (χ0) is 12.4. The van der Waals surface area contributed by atoms with E-state index in [1.165, 1.54) is 0 Å². The maximum Gasteiger partial charge on any atom is 0.139 e. The summed E-state index contributed by atoms with van der Waals surface area (Å²) in [6, 6.07) is 3.88. The molecule has 0 fully saturated rings. The van der Waals surface area contributed by atoms with Gasteiger partial charge in [0, 0.05) is 17.1 Å². The van der Waals surface area contributed by atoms with Gasteiger partial charge in [-0.1, -0.05) is 11.6 Å². The van der Waals surface area contributed by atoms with Crippen molar-refractivity contribution in [1.29, 1.82) is 0 Å². The molecule has 0 aliphatic carbocycles. The van der Waals surface area contributed by atoms with E-state index >= 15 is 0 Å². The molecule has 1 aromatic carbocycles. The monoisotopic (exact) mass is 252 g/mol. The van der Waals surface area contributed by atoms with E-state index in [1.54, 1.807) is 0 Å². The number of benzene rings is 1. The Morgan fingerprint density at radius 2 is 2.18 bits per heavy atom. The molecule has 17 heavy (non-hydrogen) atoms. The maximum atomic E-state index is 6.38. The highest BCUT2D eigenvalue weighted by Crippen LogP contribution is 2.35. The first kappa shape index (κ1) is 12.3. The molecular weight excluding hydrogens is 236 g/mol. The molecule has 1 aromatic heterocycles. The van der Waals surface area contributed by atoms with Gasteiger partial charge in [-0.2, -0.15) is 0 Å². The lowest BCUT2D eigenvalue weighted by atomic mass is 10.1. The van der Waals surface area contributed by atoms with Gasteiger partial charge in [0.2, 0.25) is 0 Å². The molecule has 1 heterocycles. The zero-order valence-corrected chi connectivity index (χ0v) is 10.8. The van der Waals surface area contributed by atoms with Crippen LogP contribution in [0.25, 0.3) is 10.9 Å². The topological polar surface area (TPSA) is 51.0 Å². The summed E-state index contributed by atoms with van der Waals surface area (Å²) in [4.78, 5) is 3.20. The van der Waals surface area contributed by atoms with Gasteiger partial charge in [-0.15, -0.1) is 0 Å². The Morgan fingerprint density at radius 3 is 2.82 bits per heavy atom. The lowest BCUT2D eigenvalue weighted by Gasteiger charge is -2.12. The van der Waals surface area contributed by atoms with Crippen molar-refractivity contribution in [3.05, 3.63) is 28.9 Å². The second-order valence-corrected chi connectivity index (χ2v) is 4.70. The van der Waals surface area contributed by atoms with E-state index in [0.717, 1.165) is 28.6 Å². The molecule has 0 spiro atoms. The molecule has 0 atom stereocenters. The van der Waals surface area contributed by atoms with Crippen molar-refractivity contribution in [3.8, 4) is 5.75 Å². The van der Waals surface area contributed by atoms with Gasteiger partial charge in [0.25, 0.3) is 0 Å². The van der Waals surface area contributed by atoms with Gasteiger partial charge >= 0.3 is 0 Å². The van der Waals surface area contributed by atoms with E-state index in [-0.39, 0.29) is 6.10 Å². The number of fused-ring (bicyclic) bond motifs is 1. The molecule has 2 rings (SSSR count). The fourth-order valence-electron chi connectivity index (χ4n) is 1.93. The molecule has 0 saturated carbocycles. The number of nitrogens with one attached hydrogen (secondary N) is 1. The minimum absolute atomic E-state index is 0.113. The van der Waals surface area contributed by atoms with Crippen molar-refractivity contribution < 1.29 is 4.74 Å². The summed E-state index contributed by atoms with van der Waals surface area (Å²) in [6.07, 6.45) is 2.88. The van der Waals surface area contributed by atoms with Crippen molar-refractivity contribution in [3.63, 3.8) is 0 Å². The molecule has 92 valence electrons. The highest BCUT2D eigenvalue weighted by atomic mass is 35.5. The maximum absolute atomic E-state index is 6.38. The number of halogens is 1. The van der Waals surface area contributed by atoms with Crippen LogP contribution < -0.4 is 10.5 Å². The standard InChI is InChI=1S/C13H17ClN2O/c1-8(2)17-11-4-3-10-12(13(11)14)9(5-6-15)7-16-10/h3-4,7-8,16H,5-6,15H2,1-2H3. The van der Waals surface area contributed by atoms with Crippen LogP contribution in [0, 0.1) is 0 Å². The highest BCUT2D eigenvalue weighted by Gasteiger charge is 2.12. The predicted octanol–water partition coefficient (Wildman–Crippen LogP) is 3.11. The van der Waals surface area contributed by atoms with Crippen LogP contribution in [0.5, 0.6) is 5.75 Å². The highest BCUT2D eigenvalue weighted by molar-refractivity contribution is 6.37. The third kappa shape index (κ3) is 2.40. The SMILES string of the molecule is CC(C)Oc1ccc2[nH]cc(CCN)c2c1Cl. The van der Waals surface area contributed by atoms with Crippen LogP contribution in [0.1, 0.15) is 19.4 Å². The predicted molar refractivity (Wildman–Crippen MR) is 71.8 cm³/mol. The van der Waals surface area contributed by atoms with Crippen molar-refractivity contribution in [2.45, 2.75) is 26.4 Å². The van der Waals surface area contributed by atoms with Crippen molar-refractivity contribution in [2.75, 3.05) is 6.54 Å². The van der Waals surface area contributed by atoms with Gasteiger partial charge in [0.05, 0.1) is 11.1 Å². The van der Waals surface area contributed by atoms with Crippen LogP contribution in [-0.4, -0.2) is 17.6 Å². The first-order valence-electron chi connectivity index (χ1n) is 5.78. The number of hydrogen-bond donors (Lipinski definition) is 2. The third-order valence-corrected chi connectivity index (χ3v) is 2.98. The second kappa shape index (κ2) is 4.98. The Hall–Kier alpha value is -1.19. The van der Waals surface area contributed by atoms with Crippen LogP contribution in [0.4, 0.5) is 0 Å². The summed E-state index contributed by atoms with van der Waals surface area (Å²) in [5, 5.41) is 1.69. The number of aromatic nitrogens is 1. The van der Waals surface area contributed by atoms with Gasteiger partial charge in [-0.3, -0.25) is 0 Å². The number of hydrogen-bond acceptors (Lipinski definition) is 2. The van der Waals surface area contributed by atoms with E-state index < -0.39 is 0 Å². The van der Waals surface area contributed by atoms with Gasteiger partial charge in [-0.25, -0.2) is 0 Å². The molecule has 2 aromatic rings. The van der Waals surface area contributed by atoms with Gasteiger partial charge in [-0.05, 0) is 44.5 Å². The fraction of sp³-hybridized carbons (Fsp3) is 0.385. The summed E-state index contributed by atoms with van der Waals surface area (Å²) in [7, 11) is 0. The summed E-state index contributed by atoms with van der Waals surface area (Å²) in [5.41, 5.74) is 7.75. The Kier molecular flexibility index (Phi) is 3.60. The summed E-state index contributed by atoms with van der Waals surface area (Å²) in [6.45, 7) is 4.58. The minimum atomic E-state index is 0.113. The minimum Gasteiger partial charge on any atom is -0.489 e. The summed E-state index contributed by atoms with van der Waals surface area (Å²) in [5.74, 6) is 0.729. The van der Waals surface area contributed by atoms with Gasteiger partial charge in [0.1, 0.15) is 5.75 Å². The molecule has 0 radical (unpaired) electrons. The largest absolute Gasteiger partial charge is 0.489 e. The third-order valence-electron chi connectivity index (χ3n) is 2.61. The van der Waals surface area contributed by atoms with Crippen molar-refractivity contribution in [1.82, 2.24) is 4.98 Å². The first-order chi connectivity index (χ1) is 8.13. The normalized spacial score (nSPS) is 11.4. The Morgan fingerprint density at radius 1 is 1.41 bits per heavy atom. The van der Waals surface area contributed by atoms with Crippen LogP contribution in [0.3, 0.4) is 0 Å². The molecule has 0 aliphatic heterocycles. The molecule has 4 heteroatoms. The van der Waals surface area contributed by atoms with Crippen LogP contribution in [0.15, 0.2) is 18.3 Å². The number of nitrogens with two attached hydrogens (primary N) is 1. The lowest BCUT2D eigenvalue weighted by molar-refractivity contribution is 0.243. The van der Waals surface area contributed by atoms with Crippen molar-refractivity contribution >= 4 is 22.5 Å². The molecule has 3 nitrogen and oxygen atoms in total. The van der Waals surface area contributed by atoms with Crippen LogP contribution in [-0.2, 0) is 6.42 Å². The lowest BCUT2D eigenvalue weighted by Crippen LogP contribution is -2.06. The zero-order valence-electron chi connectivity index (χ0n) is 10.1. The molecule has 3 N–H and O–H groups in total. The Labute approximate surface area is 106 Å². The number of ether oxygens (including phenoxy) is 1. The summed E-state index contributed by atoms with van der Waals surface area (Å²) < 4.78 is 5.68. The van der Waals surface area contributed by atoms with E-state index in [9.17, 15) is 0 Å². The Bertz CT molecular complexity index is 519.